The number of rotatable bonds is 5. The first-order valence-electron chi connectivity index (χ1n) is 11.2. The number of nitrogens with zero attached hydrogens (tertiary/aromatic N) is 6. The van der Waals surface area contributed by atoms with Crippen molar-refractivity contribution in [2.45, 2.75) is 33.9 Å². The average Bonchev–Trinajstić information content (AvgIpc) is 3.38. The van der Waals surface area contributed by atoms with Crippen LogP contribution in [-0.2, 0) is 13.1 Å². The van der Waals surface area contributed by atoms with E-state index in [0.29, 0.717) is 38.9 Å². The fraction of sp³-hybridized carbons (Fsp3) is 0.240. The van der Waals surface area contributed by atoms with Gasteiger partial charge in [0.15, 0.2) is 5.82 Å². The quantitative estimate of drug-likeness (QED) is 0.334. The summed E-state index contributed by atoms with van der Waals surface area (Å²) in [6.07, 6.45) is 1.80. The Morgan fingerprint density at radius 3 is 2.63 bits per heavy atom. The highest BCUT2D eigenvalue weighted by Gasteiger charge is 2.22. The summed E-state index contributed by atoms with van der Waals surface area (Å²) in [7, 11) is 1.75. The average molecular weight is 508 g/mol. The molecule has 35 heavy (non-hydrogen) atoms. The maximum absolute atomic E-state index is 13.7. The first-order valence-corrected chi connectivity index (χ1v) is 11.9. The molecule has 5 rings (SSSR count). The van der Waals surface area contributed by atoms with E-state index in [0.717, 1.165) is 34.4 Å². The van der Waals surface area contributed by atoms with E-state index in [9.17, 15) is 4.79 Å². The van der Waals surface area contributed by atoms with Crippen LogP contribution in [0.3, 0.4) is 0 Å². The molecular weight excluding hydrogens is 485 g/mol. The molecule has 3 aromatic heterocycles. The molecule has 3 heterocycles. The zero-order chi connectivity index (χ0) is 24.9. The highest BCUT2D eigenvalue weighted by molar-refractivity contribution is 6.34. The van der Waals surface area contributed by atoms with Crippen LogP contribution >= 0.6 is 23.2 Å². The second-order valence-corrected chi connectivity index (χ2v) is 9.33. The minimum absolute atomic E-state index is 0.249. The van der Waals surface area contributed by atoms with Crippen molar-refractivity contribution in [1.29, 1.82) is 0 Å². The molecule has 0 fully saturated rings. The number of H-pyrrole nitrogens is 1. The van der Waals surface area contributed by atoms with Gasteiger partial charge in [0.1, 0.15) is 5.69 Å². The van der Waals surface area contributed by atoms with E-state index in [-0.39, 0.29) is 11.6 Å². The summed E-state index contributed by atoms with van der Waals surface area (Å²) < 4.78 is 1.90. The number of hydrogen-bond acceptors (Lipinski definition) is 5. The number of aromatic nitrogens is 6. The van der Waals surface area contributed by atoms with Crippen molar-refractivity contribution < 1.29 is 4.79 Å². The van der Waals surface area contributed by atoms with Crippen LogP contribution in [0.1, 0.15) is 34.4 Å². The molecule has 1 amide bonds. The Labute approximate surface area is 211 Å². The lowest BCUT2D eigenvalue weighted by Gasteiger charge is -2.18. The maximum atomic E-state index is 13.7. The van der Waals surface area contributed by atoms with Crippen molar-refractivity contribution in [3.63, 3.8) is 0 Å². The maximum Gasteiger partial charge on any atom is 0.273 e. The standard InChI is InChI=1S/C25H23Cl2N7O/c1-5-34-14(3)15(11-28-34)12-33(4)25(35)23-19-8-16(26)6-7-21(19)29-24(30-23)18-9-17-13(2)31-32-22(17)10-20(18)27/h6-11H,5,12H2,1-4H3,(H,31,32). The molecule has 1 N–H and O–H groups in total. The SMILES string of the molecule is CCn1ncc(CN(C)C(=O)c2nc(-c3cc4c(C)[nH]nc4cc3Cl)nc3ccc(Cl)cc23)c1C. The van der Waals surface area contributed by atoms with Crippen LogP contribution in [0.2, 0.25) is 10.0 Å². The van der Waals surface area contributed by atoms with Gasteiger partial charge in [0.05, 0.1) is 22.3 Å². The van der Waals surface area contributed by atoms with E-state index < -0.39 is 0 Å². The third-order valence-electron chi connectivity index (χ3n) is 6.19. The lowest BCUT2D eigenvalue weighted by Crippen LogP contribution is -2.27. The molecule has 0 saturated carbocycles. The molecule has 0 radical (unpaired) electrons. The minimum atomic E-state index is -0.249. The van der Waals surface area contributed by atoms with Crippen molar-refractivity contribution in [3.8, 4) is 11.4 Å². The van der Waals surface area contributed by atoms with Gasteiger partial charge in [-0.2, -0.15) is 10.2 Å². The molecule has 0 aliphatic heterocycles. The van der Waals surface area contributed by atoms with E-state index in [1.165, 1.54) is 0 Å². The number of hydrogen-bond donors (Lipinski definition) is 1. The van der Waals surface area contributed by atoms with Crippen LogP contribution in [0, 0.1) is 13.8 Å². The van der Waals surface area contributed by atoms with Gasteiger partial charge in [-0.15, -0.1) is 0 Å². The zero-order valence-corrected chi connectivity index (χ0v) is 21.2. The Kier molecular flexibility index (Phi) is 5.94. The predicted octanol–water partition coefficient (Wildman–Crippen LogP) is 5.59. The molecule has 0 atom stereocenters. The molecule has 5 aromatic rings. The number of fused-ring (bicyclic) bond motifs is 2. The van der Waals surface area contributed by atoms with Gasteiger partial charge >= 0.3 is 0 Å². The van der Waals surface area contributed by atoms with Gasteiger partial charge in [-0.05, 0) is 51.1 Å². The van der Waals surface area contributed by atoms with Crippen molar-refractivity contribution in [2.24, 2.45) is 0 Å². The highest BCUT2D eigenvalue weighted by atomic mass is 35.5. The summed E-state index contributed by atoms with van der Waals surface area (Å²) >= 11 is 12.9. The topological polar surface area (TPSA) is 92.6 Å². The Morgan fingerprint density at radius 2 is 1.89 bits per heavy atom. The van der Waals surface area contributed by atoms with Gasteiger partial charge in [0.2, 0.25) is 0 Å². The van der Waals surface area contributed by atoms with E-state index in [1.54, 1.807) is 42.4 Å². The normalized spacial score (nSPS) is 11.5. The van der Waals surface area contributed by atoms with Gasteiger partial charge in [-0.1, -0.05) is 23.2 Å². The Morgan fingerprint density at radius 1 is 1.09 bits per heavy atom. The van der Waals surface area contributed by atoms with Crippen molar-refractivity contribution in [2.75, 3.05) is 7.05 Å². The van der Waals surface area contributed by atoms with Crippen molar-refractivity contribution in [3.05, 3.63) is 69.2 Å². The molecular formula is C25H23Cl2N7O. The number of amides is 1. The smallest absolute Gasteiger partial charge is 0.273 e. The monoisotopic (exact) mass is 507 g/mol. The van der Waals surface area contributed by atoms with E-state index in [1.807, 2.05) is 31.5 Å². The number of carbonyl (C=O) groups excluding carboxylic acids is 1. The molecule has 0 bridgehead atoms. The highest BCUT2D eigenvalue weighted by Crippen LogP contribution is 2.33. The molecule has 10 heteroatoms. The predicted molar refractivity (Wildman–Crippen MR) is 138 cm³/mol. The molecule has 8 nitrogen and oxygen atoms in total. The minimum Gasteiger partial charge on any atom is -0.336 e. The number of carbonyl (C=O) groups is 1. The lowest BCUT2D eigenvalue weighted by molar-refractivity contribution is 0.0781. The van der Waals surface area contributed by atoms with Crippen molar-refractivity contribution >= 4 is 50.9 Å². The molecule has 0 aliphatic rings. The van der Waals surface area contributed by atoms with Gasteiger partial charge in [-0.3, -0.25) is 14.6 Å². The van der Waals surface area contributed by atoms with E-state index >= 15 is 0 Å². The third kappa shape index (κ3) is 4.13. The third-order valence-corrected chi connectivity index (χ3v) is 6.74. The van der Waals surface area contributed by atoms with E-state index in [2.05, 4.69) is 15.3 Å². The second kappa shape index (κ2) is 8.94. The number of aryl methyl sites for hydroxylation is 2. The first kappa shape index (κ1) is 23.3. The number of halogens is 2. The largest absolute Gasteiger partial charge is 0.336 e. The Bertz CT molecular complexity index is 1610. The fourth-order valence-corrected chi connectivity index (χ4v) is 4.60. The fourth-order valence-electron chi connectivity index (χ4n) is 4.18. The summed E-state index contributed by atoms with van der Waals surface area (Å²) in [6.45, 7) is 7.13. The van der Waals surface area contributed by atoms with Crippen LogP contribution in [0.4, 0.5) is 0 Å². The number of benzene rings is 2. The summed E-state index contributed by atoms with van der Waals surface area (Å²) in [6, 6.07) is 8.91. The molecule has 0 aliphatic carbocycles. The van der Waals surface area contributed by atoms with Crippen molar-refractivity contribution in [1.82, 2.24) is 34.8 Å². The Balaban J connectivity index is 1.62. The van der Waals surface area contributed by atoms with Gasteiger partial charge in [-0.25, -0.2) is 9.97 Å². The molecule has 0 saturated heterocycles. The number of nitrogens with one attached hydrogen (secondary N) is 1. The molecule has 0 unspecified atom stereocenters. The van der Waals surface area contributed by atoms with Crippen LogP contribution in [0.5, 0.6) is 0 Å². The van der Waals surface area contributed by atoms with Crippen LogP contribution < -0.4 is 0 Å². The first-order chi connectivity index (χ1) is 16.8. The number of aromatic amines is 1. The van der Waals surface area contributed by atoms with Gasteiger partial charge < -0.3 is 4.90 Å². The molecule has 2 aromatic carbocycles. The van der Waals surface area contributed by atoms with Gasteiger partial charge in [0, 0.05) is 58.4 Å². The Hall–Kier alpha value is -3.49. The summed E-state index contributed by atoms with van der Waals surface area (Å²) in [4.78, 5) is 24.7. The zero-order valence-electron chi connectivity index (χ0n) is 19.7. The van der Waals surface area contributed by atoms with Crippen LogP contribution in [0.25, 0.3) is 33.2 Å². The van der Waals surface area contributed by atoms with Crippen LogP contribution in [0.15, 0.2) is 36.5 Å². The summed E-state index contributed by atoms with van der Waals surface area (Å²) in [5, 5.41) is 14.1. The van der Waals surface area contributed by atoms with Crippen LogP contribution in [-0.4, -0.2) is 47.8 Å². The van der Waals surface area contributed by atoms with E-state index in [4.69, 9.17) is 33.2 Å². The molecule has 178 valence electrons. The van der Waals surface area contributed by atoms with Gasteiger partial charge in [0.25, 0.3) is 5.91 Å². The molecule has 0 spiro atoms. The summed E-state index contributed by atoms with van der Waals surface area (Å²) in [5.41, 5.74) is 5.15. The second-order valence-electron chi connectivity index (χ2n) is 8.49. The summed E-state index contributed by atoms with van der Waals surface area (Å²) in [5.74, 6) is 0.111. The lowest BCUT2D eigenvalue weighted by atomic mass is 10.1.